The first kappa shape index (κ1) is 15.0. The quantitative estimate of drug-likeness (QED) is 0.690. The minimum Gasteiger partial charge on any atom is -0.508 e. The lowest BCUT2D eigenvalue weighted by Crippen LogP contribution is -1.87. The zero-order valence-electron chi connectivity index (χ0n) is 11.7. The Morgan fingerprint density at radius 3 is 2.55 bits per heavy atom. The Labute approximate surface area is 135 Å². The van der Waals surface area contributed by atoms with E-state index in [9.17, 15) is 9.50 Å². The summed E-state index contributed by atoms with van der Waals surface area (Å²) < 4.78 is 13.8. The first-order chi connectivity index (χ1) is 10.6. The molecule has 0 fully saturated rings. The van der Waals surface area contributed by atoms with E-state index in [1.54, 1.807) is 42.1 Å². The zero-order valence-corrected chi connectivity index (χ0v) is 13.4. The maximum absolute atomic E-state index is 13.8. The van der Waals surface area contributed by atoms with Crippen molar-refractivity contribution in [3.05, 3.63) is 59.4 Å². The number of hydrogen-bond donors (Lipinski definition) is 1. The van der Waals surface area contributed by atoms with Gasteiger partial charge < -0.3 is 5.11 Å². The number of aromatic hydroxyl groups is 1. The molecule has 0 saturated heterocycles. The van der Waals surface area contributed by atoms with Crippen LogP contribution in [0.1, 0.15) is 17.2 Å². The maximum atomic E-state index is 13.8. The van der Waals surface area contributed by atoms with Crippen LogP contribution in [-0.2, 0) is 0 Å². The highest BCUT2D eigenvalue weighted by Gasteiger charge is 2.16. The fraction of sp³-hybridized carbons (Fsp3) is 0.125. The summed E-state index contributed by atoms with van der Waals surface area (Å²) in [6, 6.07) is 13.6. The van der Waals surface area contributed by atoms with E-state index in [4.69, 9.17) is 0 Å². The molecule has 0 saturated carbocycles. The van der Waals surface area contributed by atoms with Crippen LogP contribution in [0.25, 0.3) is 10.6 Å². The predicted octanol–water partition coefficient (Wildman–Crippen LogP) is 4.90. The molecule has 1 heterocycles. The number of phenolic OH excluding ortho intramolecular Hbond substituents is 1. The molecule has 0 aliphatic rings. The van der Waals surface area contributed by atoms with Crippen molar-refractivity contribution >= 4 is 23.1 Å². The topological polar surface area (TPSA) is 46.0 Å². The van der Waals surface area contributed by atoms with E-state index in [-0.39, 0.29) is 16.8 Å². The van der Waals surface area contributed by atoms with Gasteiger partial charge in [-0.3, -0.25) is 0 Å². The largest absolute Gasteiger partial charge is 0.508 e. The number of hydrogen-bond acceptors (Lipinski definition) is 5. The minimum absolute atomic E-state index is 0.0996. The third-order valence-corrected chi connectivity index (χ3v) is 5.45. The van der Waals surface area contributed by atoms with Crippen LogP contribution < -0.4 is 0 Å². The van der Waals surface area contributed by atoms with Crippen LogP contribution >= 0.6 is 23.1 Å². The number of phenols is 1. The maximum Gasteiger partial charge on any atom is 0.150 e. The first-order valence-corrected chi connectivity index (χ1v) is 8.37. The van der Waals surface area contributed by atoms with Gasteiger partial charge in [0, 0.05) is 10.5 Å². The van der Waals surface area contributed by atoms with Crippen LogP contribution in [0.15, 0.2) is 53.4 Å². The average molecular weight is 332 g/mol. The fourth-order valence-electron chi connectivity index (χ4n) is 1.92. The zero-order chi connectivity index (χ0) is 15.5. The van der Waals surface area contributed by atoms with Crippen LogP contribution in [0.5, 0.6) is 5.75 Å². The Hall–Kier alpha value is -1.92. The summed E-state index contributed by atoms with van der Waals surface area (Å²) in [4.78, 5) is 1.04. The number of aromatic nitrogens is 2. The Kier molecular flexibility index (Phi) is 4.40. The molecule has 0 bridgehead atoms. The van der Waals surface area contributed by atoms with Crippen LogP contribution in [0, 0.1) is 5.82 Å². The molecule has 0 unspecified atom stereocenters. The highest BCUT2D eigenvalue weighted by atomic mass is 32.2. The molecule has 0 spiro atoms. The fourth-order valence-corrected chi connectivity index (χ4v) is 3.86. The molecule has 0 radical (unpaired) electrons. The standard InChI is InChI=1S/C16H13FN2OS2/c1-10(21-12-8-6-11(20)7-9-12)15-18-19-16(22-15)13-4-2-3-5-14(13)17/h2-10,20H,1H3/t10-/m1/s1. The molecule has 0 amide bonds. The van der Waals surface area contributed by atoms with E-state index in [1.165, 1.54) is 17.4 Å². The second-order valence-electron chi connectivity index (χ2n) is 4.68. The summed E-state index contributed by atoms with van der Waals surface area (Å²) in [5, 5.41) is 19.1. The lowest BCUT2D eigenvalue weighted by molar-refractivity contribution is 0.475. The van der Waals surface area contributed by atoms with Gasteiger partial charge in [0.1, 0.15) is 16.6 Å². The van der Waals surface area contributed by atoms with Gasteiger partial charge >= 0.3 is 0 Å². The molecule has 1 atom stereocenters. The number of rotatable bonds is 4. The van der Waals surface area contributed by atoms with Gasteiger partial charge in [0.05, 0.1) is 5.25 Å². The summed E-state index contributed by atoms with van der Waals surface area (Å²) in [5.74, 6) is -0.0428. The Morgan fingerprint density at radius 1 is 1.09 bits per heavy atom. The van der Waals surface area contributed by atoms with Gasteiger partial charge in [-0.2, -0.15) is 0 Å². The number of thioether (sulfide) groups is 1. The van der Waals surface area contributed by atoms with E-state index >= 15 is 0 Å². The van der Waals surface area contributed by atoms with E-state index < -0.39 is 0 Å². The molecule has 22 heavy (non-hydrogen) atoms. The molecular weight excluding hydrogens is 319 g/mol. The molecule has 112 valence electrons. The van der Waals surface area contributed by atoms with Crippen molar-refractivity contribution in [3.8, 4) is 16.3 Å². The summed E-state index contributed by atoms with van der Waals surface area (Å²) in [7, 11) is 0. The highest BCUT2D eigenvalue weighted by Crippen LogP contribution is 2.38. The van der Waals surface area contributed by atoms with Gasteiger partial charge in [0.25, 0.3) is 0 Å². The molecule has 1 N–H and O–H groups in total. The van der Waals surface area contributed by atoms with Crippen LogP contribution in [-0.4, -0.2) is 15.3 Å². The molecule has 6 heteroatoms. The molecule has 2 aromatic carbocycles. The number of halogens is 1. The lowest BCUT2D eigenvalue weighted by Gasteiger charge is -2.07. The summed E-state index contributed by atoms with van der Waals surface area (Å²) in [6.45, 7) is 2.03. The third kappa shape index (κ3) is 3.28. The highest BCUT2D eigenvalue weighted by molar-refractivity contribution is 7.99. The van der Waals surface area contributed by atoms with E-state index in [0.717, 1.165) is 9.90 Å². The van der Waals surface area contributed by atoms with Gasteiger partial charge in [0.2, 0.25) is 0 Å². The Morgan fingerprint density at radius 2 is 1.82 bits per heavy atom. The van der Waals surface area contributed by atoms with Crippen molar-refractivity contribution in [1.29, 1.82) is 0 Å². The monoisotopic (exact) mass is 332 g/mol. The smallest absolute Gasteiger partial charge is 0.150 e. The second-order valence-corrected chi connectivity index (χ2v) is 7.10. The van der Waals surface area contributed by atoms with Crippen molar-refractivity contribution in [2.24, 2.45) is 0 Å². The molecule has 3 aromatic rings. The van der Waals surface area contributed by atoms with Crippen molar-refractivity contribution in [2.45, 2.75) is 17.1 Å². The van der Waals surface area contributed by atoms with Crippen LogP contribution in [0.4, 0.5) is 4.39 Å². The van der Waals surface area contributed by atoms with E-state index in [1.807, 2.05) is 19.1 Å². The Balaban J connectivity index is 1.78. The van der Waals surface area contributed by atoms with Gasteiger partial charge in [0.15, 0.2) is 5.01 Å². The average Bonchev–Trinajstić information content (AvgIpc) is 3.00. The molecule has 0 aliphatic heterocycles. The van der Waals surface area contributed by atoms with Crippen molar-refractivity contribution in [2.75, 3.05) is 0 Å². The number of nitrogens with zero attached hydrogens (tertiary/aromatic N) is 2. The molecule has 3 nitrogen and oxygen atoms in total. The summed E-state index contributed by atoms with van der Waals surface area (Å²) in [5.41, 5.74) is 0.480. The van der Waals surface area contributed by atoms with Crippen molar-refractivity contribution < 1.29 is 9.50 Å². The minimum atomic E-state index is -0.288. The summed E-state index contributed by atoms with van der Waals surface area (Å²) in [6.07, 6.45) is 0. The summed E-state index contributed by atoms with van der Waals surface area (Å²) >= 11 is 3.02. The van der Waals surface area contributed by atoms with Crippen LogP contribution in [0.3, 0.4) is 0 Å². The van der Waals surface area contributed by atoms with Gasteiger partial charge in [-0.05, 0) is 43.3 Å². The normalized spacial score (nSPS) is 12.3. The SMILES string of the molecule is C[C@@H](Sc1ccc(O)cc1)c1nnc(-c2ccccc2F)s1. The van der Waals surface area contributed by atoms with Crippen LogP contribution in [0.2, 0.25) is 0 Å². The lowest BCUT2D eigenvalue weighted by atomic mass is 10.2. The van der Waals surface area contributed by atoms with Gasteiger partial charge in [-0.15, -0.1) is 22.0 Å². The van der Waals surface area contributed by atoms with E-state index in [2.05, 4.69) is 10.2 Å². The number of benzene rings is 2. The van der Waals surface area contributed by atoms with E-state index in [0.29, 0.717) is 10.6 Å². The molecule has 0 aliphatic carbocycles. The third-order valence-electron chi connectivity index (χ3n) is 3.04. The predicted molar refractivity (Wildman–Crippen MR) is 87.7 cm³/mol. The van der Waals surface area contributed by atoms with Gasteiger partial charge in [-0.25, -0.2) is 4.39 Å². The van der Waals surface area contributed by atoms with Crippen molar-refractivity contribution in [3.63, 3.8) is 0 Å². The van der Waals surface area contributed by atoms with Crippen molar-refractivity contribution in [1.82, 2.24) is 10.2 Å². The Bertz CT molecular complexity index is 774. The second kappa shape index (κ2) is 6.46. The molecule has 1 aromatic heterocycles. The molecule has 3 rings (SSSR count). The van der Waals surface area contributed by atoms with Gasteiger partial charge in [-0.1, -0.05) is 23.5 Å². The first-order valence-electron chi connectivity index (χ1n) is 6.67. The molecular formula is C16H13FN2OS2.